The fourth-order valence-electron chi connectivity index (χ4n) is 4.41. The number of benzene rings is 2. The third-order valence-corrected chi connectivity index (χ3v) is 6.44. The van der Waals surface area contributed by atoms with Crippen LogP contribution in [0.3, 0.4) is 0 Å². The molecule has 0 unspecified atom stereocenters. The van der Waals surface area contributed by atoms with Crippen molar-refractivity contribution in [1.82, 2.24) is 5.32 Å². The number of rotatable bonds is 7. The zero-order valence-electron chi connectivity index (χ0n) is 18.6. The van der Waals surface area contributed by atoms with Gasteiger partial charge in [0.05, 0.1) is 0 Å². The molecule has 0 amide bonds. The topological polar surface area (TPSA) is 38.0 Å². The lowest BCUT2D eigenvalue weighted by Crippen LogP contribution is -2.48. The molecule has 0 bridgehead atoms. The van der Waals surface area contributed by atoms with Crippen LogP contribution in [0.2, 0.25) is 0 Å². The molecule has 1 fully saturated rings. The SMILES string of the molecule is CC(C)(C)c1cccc(C2(NCC[C@@H](N)Cc3ccccc3)CCC(F)(F)CC2)c1. The fraction of sp³-hybridized carbons (Fsp3) is 0.538. The molecule has 0 saturated heterocycles. The summed E-state index contributed by atoms with van der Waals surface area (Å²) in [6, 6.07) is 18.8. The van der Waals surface area contributed by atoms with Crippen LogP contribution in [-0.4, -0.2) is 18.5 Å². The molecule has 2 aromatic carbocycles. The minimum atomic E-state index is -2.56. The van der Waals surface area contributed by atoms with Crippen LogP contribution in [0.15, 0.2) is 54.6 Å². The van der Waals surface area contributed by atoms with Crippen molar-refractivity contribution in [2.75, 3.05) is 6.54 Å². The van der Waals surface area contributed by atoms with Crippen LogP contribution in [0, 0.1) is 0 Å². The van der Waals surface area contributed by atoms with E-state index in [2.05, 4.69) is 62.5 Å². The molecule has 1 atom stereocenters. The standard InChI is InChI=1S/C26H36F2N2/c1-24(2,3)21-10-7-11-22(19-21)25(13-15-26(27,28)16-14-25)30-17-12-23(29)18-20-8-5-4-6-9-20/h4-11,19,23,30H,12-18,29H2,1-3H3/t23-/m1/s1. The summed E-state index contributed by atoms with van der Waals surface area (Å²) in [6.45, 7) is 7.27. The summed E-state index contributed by atoms with van der Waals surface area (Å²) in [5.41, 5.74) is 9.58. The second-order valence-electron chi connectivity index (χ2n) is 9.93. The molecule has 2 nitrogen and oxygen atoms in total. The number of alkyl halides is 2. The minimum absolute atomic E-state index is 0.0217. The molecule has 1 saturated carbocycles. The molecule has 0 heterocycles. The van der Waals surface area contributed by atoms with Crippen LogP contribution in [-0.2, 0) is 17.4 Å². The molecule has 0 aromatic heterocycles. The van der Waals surface area contributed by atoms with Crippen molar-refractivity contribution in [3.63, 3.8) is 0 Å². The highest BCUT2D eigenvalue weighted by molar-refractivity contribution is 5.34. The largest absolute Gasteiger partial charge is 0.327 e. The van der Waals surface area contributed by atoms with E-state index in [0.717, 1.165) is 24.9 Å². The van der Waals surface area contributed by atoms with Crippen LogP contribution in [0.25, 0.3) is 0 Å². The smallest absolute Gasteiger partial charge is 0.248 e. The number of nitrogens with one attached hydrogen (secondary N) is 1. The first-order valence-electron chi connectivity index (χ1n) is 11.1. The molecule has 1 aliphatic rings. The Morgan fingerprint density at radius 3 is 2.27 bits per heavy atom. The third kappa shape index (κ3) is 5.89. The Morgan fingerprint density at radius 1 is 0.967 bits per heavy atom. The Labute approximate surface area is 180 Å². The summed E-state index contributed by atoms with van der Waals surface area (Å²) < 4.78 is 28.0. The maximum atomic E-state index is 14.0. The normalized spacial score (nSPS) is 19.4. The van der Waals surface area contributed by atoms with Crippen molar-refractivity contribution >= 4 is 0 Å². The Morgan fingerprint density at radius 2 is 1.63 bits per heavy atom. The monoisotopic (exact) mass is 414 g/mol. The van der Waals surface area contributed by atoms with Gasteiger partial charge in [-0.1, -0.05) is 75.4 Å². The first-order valence-corrected chi connectivity index (χ1v) is 11.1. The number of hydrogen-bond acceptors (Lipinski definition) is 2. The molecule has 2 aromatic rings. The predicted octanol–water partition coefficient (Wildman–Crippen LogP) is 5.94. The van der Waals surface area contributed by atoms with Crippen molar-refractivity contribution in [3.8, 4) is 0 Å². The Hall–Kier alpha value is -1.78. The summed E-state index contributed by atoms with van der Waals surface area (Å²) in [5, 5.41) is 3.67. The average Bonchev–Trinajstić information content (AvgIpc) is 2.70. The molecule has 4 heteroatoms. The zero-order valence-corrected chi connectivity index (χ0v) is 18.6. The van der Waals surface area contributed by atoms with E-state index in [4.69, 9.17) is 5.73 Å². The van der Waals surface area contributed by atoms with Gasteiger partial charge in [-0.25, -0.2) is 8.78 Å². The molecule has 3 N–H and O–H groups in total. The van der Waals surface area contributed by atoms with Crippen molar-refractivity contribution < 1.29 is 8.78 Å². The van der Waals surface area contributed by atoms with Crippen LogP contribution < -0.4 is 11.1 Å². The van der Waals surface area contributed by atoms with Crippen LogP contribution >= 0.6 is 0 Å². The van der Waals surface area contributed by atoms with Crippen molar-refractivity contribution in [2.24, 2.45) is 5.73 Å². The first kappa shape index (κ1) is 22.9. The van der Waals surface area contributed by atoms with Crippen molar-refractivity contribution in [2.45, 2.75) is 82.2 Å². The van der Waals surface area contributed by atoms with Gasteiger partial charge in [-0.2, -0.15) is 0 Å². The zero-order chi connectivity index (χ0) is 21.8. The van der Waals surface area contributed by atoms with Crippen molar-refractivity contribution in [1.29, 1.82) is 0 Å². The van der Waals surface area contributed by atoms with Crippen molar-refractivity contribution in [3.05, 3.63) is 71.3 Å². The molecule has 164 valence electrons. The van der Waals surface area contributed by atoms with Gasteiger partial charge in [-0.05, 0) is 54.3 Å². The highest BCUT2D eigenvalue weighted by Crippen LogP contribution is 2.44. The summed E-state index contributed by atoms with van der Waals surface area (Å²) in [7, 11) is 0. The maximum absolute atomic E-state index is 14.0. The van der Waals surface area contributed by atoms with Crippen LogP contribution in [0.5, 0.6) is 0 Å². The van der Waals surface area contributed by atoms with Crippen LogP contribution in [0.4, 0.5) is 8.78 Å². The molecule has 30 heavy (non-hydrogen) atoms. The van der Waals surface area contributed by atoms with Gasteiger partial charge in [-0.3, -0.25) is 0 Å². The molecular weight excluding hydrogens is 378 g/mol. The molecule has 0 aliphatic heterocycles. The maximum Gasteiger partial charge on any atom is 0.248 e. The van der Waals surface area contributed by atoms with Gasteiger partial charge in [0.25, 0.3) is 0 Å². The highest BCUT2D eigenvalue weighted by atomic mass is 19.3. The third-order valence-electron chi connectivity index (χ3n) is 6.44. The van der Waals surface area contributed by atoms with E-state index in [-0.39, 0.29) is 24.3 Å². The lowest BCUT2D eigenvalue weighted by Gasteiger charge is -2.42. The van der Waals surface area contributed by atoms with Gasteiger partial charge >= 0.3 is 0 Å². The first-order chi connectivity index (χ1) is 14.1. The second-order valence-corrected chi connectivity index (χ2v) is 9.93. The second kappa shape index (κ2) is 9.15. The number of nitrogens with two attached hydrogens (primary N) is 1. The summed E-state index contributed by atoms with van der Waals surface area (Å²) in [4.78, 5) is 0. The van der Waals surface area contributed by atoms with E-state index in [1.807, 2.05) is 18.2 Å². The Balaban J connectivity index is 1.72. The van der Waals surface area contributed by atoms with E-state index in [0.29, 0.717) is 12.8 Å². The molecule has 0 spiro atoms. The van der Waals surface area contributed by atoms with E-state index in [9.17, 15) is 8.78 Å². The van der Waals surface area contributed by atoms with Gasteiger partial charge in [0.1, 0.15) is 0 Å². The fourth-order valence-corrected chi connectivity index (χ4v) is 4.41. The van der Waals surface area contributed by atoms with Gasteiger partial charge in [0, 0.05) is 24.4 Å². The lowest BCUT2D eigenvalue weighted by atomic mass is 9.73. The predicted molar refractivity (Wildman–Crippen MR) is 121 cm³/mol. The van der Waals surface area contributed by atoms with Gasteiger partial charge in [0.15, 0.2) is 0 Å². The van der Waals surface area contributed by atoms with E-state index >= 15 is 0 Å². The quantitative estimate of drug-likeness (QED) is 0.588. The number of hydrogen-bond donors (Lipinski definition) is 2. The van der Waals surface area contributed by atoms with Gasteiger partial charge in [0.2, 0.25) is 5.92 Å². The lowest BCUT2D eigenvalue weighted by molar-refractivity contribution is -0.0571. The molecule has 3 rings (SSSR count). The van der Waals surface area contributed by atoms with Gasteiger partial charge in [-0.15, -0.1) is 0 Å². The van der Waals surface area contributed by atoms with E-state index < -0.39 is 11.5 Å². The van der Waals surface area contributed by atoms with Gasteiger partial charge < -0.3 is 11.1 Å². The number of halogens is 2. The summed E-state index contributed by atoms with van der Waals surface area (Å²) in [6.07, 6.45) is 2.38. The highest BCUT2D eigenvalue weighted by Gasteiger charge is 2.44. The molecular formula is C26H36F2N2. The Kier molecular flexibility index (Phi) is 6.98. The van der Waals surface area contributed by atoms with E-state index in [1.54, 1.807) is 0 Å². The summed E-state index contributed by atoms with van der Waals surface area (Å²) >= 11 is 0. The summed E-state index contributed by atoms with van der Waals surface area (Å²) in [5.74, 6) is -2.56. The van der Waals surface area contributed by atoms with E-state index in [1.165, 1.54) is 11.1 Å². The molecule has 0 radical (unpaired) electrons. The minimum Gasteiger partial charge on any atom is -0.327 e. The Bertz CT molecular complexity index is 801. The van der Waals surface area contributed by atoms with Crippen LogP contribution in [0.1, 0.15) is 69.6 Å². The average molecular weight is 415 g/mol. The molecule has 1 aliphatic carbocycles.